The molecule has 0 spiro atoms. The second-order valence-corrected chi connectivity index (χ2v) is 3.91. The van der Waals surface area contributed by atoms with E-state index in [4.69, 9.17) is 11.6 Å². The van der Waals surface area contributed by atoms with Crippen LogP contribution in [-0.2, 0) is 0 Å². The molecule has 0 bridgehead atoms. The first-order valence-corrected chi connectivity index (χ1v) is 5.31. The van der Waals surface area contributed by atoms with Crippen molar-refractivity contribution in [1.82, 2.24) is 4.98 Å². The molecule has 92 valence electrons. The van der Waals surface area contributed by atoms with E-state index >= 15 is 0 Å². The second kappa shape index (κ2) is 5.10. The Hall–Kier alpha value is -2.01. The summed E-state index contributed by atoms with van der Waals surface area (Å²) in [5.41, 5.74) is -0.121. The summed E-state index contributed by atoms with van der Waals surface area (Å²) in [6.07, 6.45) is 1.35. The molecule has 1 N–H and O–H groups in total. The fraction of sp³-hybridized carbons (Fsp3) is 0. The van der Waals surface area contributed by atoms with E-state index in [-0.39, 0.29) is 11.4 Å². The van der Waals surface area contributed by atoms with Crippen LogP contribution in [0.4, 0.5) is 14.6 Å². The van der Waals surface area contributed by atoms with Gasteiger partial charge in [-0.15, -0.1) is 0 Å². The van der Waals surface area contributed by atoms with Crippen LogP contribution in [0.5, 0.6) is 0 Å². The van der Waals surface area contributed by atoms with Gasteiger partial charge in [-0.1, -0.05) is 11.6 Å². The number of aromatic nitrogens is 1. The van der Waals surface area contributed by atoms with Crippen molar-refractivity contribution >= 4 is 23.3 Å². The maximum absolute atomic E-state index is 12.9. The number of amides is 1. The summed E-state index contributed by atoms with van der Waals surface area (Å²) in [6.45, 7) is 0. The maximum atomic E-state index is 12.9. The fourth-order valence-electron chi connectivity index (χ4n) is 1.32. The molecular formula is C12H7ClF2N2O. The normalized spacial score (nSPS) is 10.2. The molecular weight excluding hydrogens is 262 g/mol. The summed E-state index contributed by atoms with van der Waals surface area (Å²) in [4.78, 5) is 15.5. The van der Waals surface area contributed by atoms with E-state index < -0.39 is 17.5 Å². The number of pyridine rings is 1. The third-order valence-corrected chi connectivity index (χ3v) is 2.32. The van der Waals surface area contributed by atoms with Crippen LogP contribution >= 0.6 is 11.6 Å². The van der Waals surface area contributed by atoms with Crippen LogP contribution in [0, 0.1) is 11.6 Å². The van der Waals surface area contributed by atoms with Gasteiger partial charge in [-0.2, -0.15) is 0 Å². The Bertz CT molecular complexity index is 567. The summed E-state index contributed by atoms with van der Waals surface area (Å²) in [5, 5.41) is 2.82. The molecule has 6 heteroatoms. The molecule has 0 radical (unpaired) electrons. The lowest BCUT2D eigenvalue weighted by atomic mass is 10.2. The molecule has 0 aliphatic heterocycles. The summed E-state index contributed by atoms with van der Waals surface area (Å²) in [6, 6.07) is 5.59. The fourth-order valence-corrected chi connectivity index (χ4v) is 1.43. The number of nitrogens with zero attached hydrogens (tertiary/aromatic N) is 1. The maximum Gasteiger partial charge on any atom is 0.257 e. The lowest BCUT2D eigenvalue weighted by Gasteiger charge is -2.04. The summed E-state index contributed by atoms with van der Waals surface area (Å²) in [7, 11) is 0. The van der Waals surface area contributed by atoms with E-state index in [2.05, 4.69) is 10.3 Å². The zero-order chi connectivity index (χ0) is 13.1. The highest BCUT2D eigenvalue weighted by Gasteiger charge is 2.09. The van der Waals surface area contributed by atoms with Crippen LogP contribution in [0.2, 0.25) is 5.02 Å². The van der Waals surface area contributed by atoms with Crippen molar-refractivity contribution in [3.05, 3.63) is 58.7 Å². The first-order chi connectivity index (χ1) is 8.54. The summed E-state index contributed by atoms with van der Waals surface area (Å²) >= 11 is 5.63. The van der Waals surface area contributed by atoms with Crippen LogP contribution in [0.3, 0.4) is 0 Å². The number of hydrogen-bond donors (Lipinski definition) is 1. The lowest BCUT2D eigenvalue weighted by Crippen LogP contribution is -2.13. The van der Waals surface area contributed by atoms with E-state index in [1.807, 2.05) is 0 Å². The molecule has 0 unspecified atom stereocenters. The Kier molecular flexibility index (Phi) is 3.53. The molecule has 2 aromatic rings. The number of halogens is 3. The van der Waals surface area contributed by atoms with Crippen LogP contribution in [0.1, 0.15) is 10.4 Å². The Balaban J connectivity index is 2.19. The Morgan fingerprint density at radius 3 is 2.39 bits per heavy atom. The minimum atomic E-state index is -0.816. The van der Waals surface area contributed by atoms with Crippen molar-refractivity contribution in [3.8, 4) is 0 Å². The predicted octanol–water partition coefficient (Wildman–Crippen LogP) is 3.27. The highest BCUT2D eigenvalue weighted by molar-refractivity contribution is 6.30. The molecule has 0 aliphatic carbocycles. The number of carbonyl (C=O) groups excluding carboxylic acids is 1. The quantitative estimate of drug-likeness (QED) is 0.908. The van der Waals surface area contributed by atoms with E-state index in [9.17, 15) is 13.6 Å². The van der Waals surface area contributed by atoms with E-state index in [0.717, 1.165) is 12.1 Å². The molecule has 1 aromatic heterocycles. The predicted molar refractivity (Wildman–Crippen MR) is 63.6 cm³/mol. The van der Waals surface area contributed by atoms with Crippen LogP contribution < -0.4 is 5.32 Å². The van der Waals surface area contributed by atoms with Crippen LogP contribution in [0.25, 0.3) is 0 Å². The largest absolute Gasteiger partial charge is 0.307 e. The van der Waals surface area contributed by atoms with Gasteiger partial charge < -0.3 is 5.32 Å². The van der Waals surface area contributed by atoms with Gasteiger partial charge in [-0.05, 0) is 24.3 Å². The topological polar surface area (TPSA) is 42.0 Å². The smallest absolute Gasteiger partial charge is 0.257 e. The van der Waals surface area contributed by atoms with Gasteiger partial charge in [0, 0.05) is 17.8 Å². The van der Waals surface area contributed by atoms with Gasteiger partial charge in [0.05, 0.1) is 5.02 Å². The van der Waals surface area contributed by atoms with Crippen LogP contribution in [-0.4, -0.2) is 10.9 Å². The molecule has 1 heterocycles. The standard InChI is InChI=1S/C12H7ClF2N2O/c13-8-1-2-11(16-6-8)17-12(18)7-3-9(14)5-10(15)4-7/h1-6H,(H,16,17,18). The zero-order valence-corrected chi connectivity index (χ0v) is 9.71. The molecule has 0 aliphatic rings. The van der Waals surface area contributed by atoms with Crippen molar-refractivity contribution in [3.63, 3.8) is 0 Å². The molecule has 0 saturated heterocycles. The van der Waals surface area contributed by atoms with E-state index in [1.165, 1.54) is 18.3 Å². The second-order valence-electron chi connectivity index (χ2n) is 3.47. The van der Waals surface area contributed by atoms with Crippen LogP contribution in [0.15, 0.2) is 36.5 Å². The van der Waals surface area contributed by atoms with Crippen molar-refractivity contribution in [2.75, 3.05) is 5.32 Å². The number of rotatable bonds is 2. The van der Waals surface area contributed by atoms with E-state index in [1.54, 1.807) is 0 Å². The SMILES string of the molecule is O=C(Nc1ccc(Cl)cn1)c1cc(F)cc(F)c1. The highest BCUT2D eigenvalue weighted by Crippen LogP contribution is 2.12. The first kappa shape index (κ1) is 12.4. The average molecular weight is 269 g/mol. The van der Waals surface area contributed by atoms with Gasteiger partial charge in [0.25, 0.3) is 5.91 Å². The summed E-state index contributed by atoms with van der Waals surface area (Å²) < 4.78 is 25.9. The van der Waals surface area contributed by atoms with Gasteiger partial charge in [0.15, 0.2) is 0 Å². The highest BCUT2D eigenvalue weighted by atomic mass is 35.5. The average Bonchev–Trinajstić information content (AvgIpc) is 2.31. The van der Waals surface area contributed by atoms with Gasteiger partial charge in [-0.25, -0.2) is 13.8 Å². The summed E-state index contributed by atoms with van der Waals surface area (Å²) in [5.74, 6) is -2.04. The molecule has 1 aromatic carbocycles. The third-order valence-electron chi connectivity index (χ3n) is 2.09. The molecule has 0 atom stereocenters. The van der Waals surface area contributed by atoms with Crippen molar-refractivity contribution in [2.24, 2.45) is 0 Å². The van der Waals surface area contributed by atoms with Gasteiger partial charge in [0.2, 0.25) is 0 Å². The molecule has 0 fully saturated rings. The molecule has 1 amide bonds. The molecule has 18 heavy (non-hydrogen) atoms. The number of benzene rings is 1. The molecule has 0 saturated carbocycles. The Morgan fingerprint density at radius 1 is 1.17 bits per heavy atom. The lowest BCUT2D eigenvalue weighted by molar-refractivity contribution is 0.102. The van der Waals surface area contributed by atoms with Crippen molar-refractivity contribution < 1.29 is 13.6 Å². The number of nitrogens with one attached hydrogen (secondary N) is 1. The monoisotopic (exact) mass is 268 g/mol. The number of carbonyl (C=O) groups is 1. The number of hydrogen-bond acceptors (Lipinski definition) is 2. The number of anilines is 1. The molecule has 3 nitrogen and oxygen atoms in total. The minimum absolute atomic E-state index is 0.121. The Labute approximate surface area is 106 Å². The van der Waals surface area contributed by atoms with Crippen molar-refractivity contribution in [1.29, 1.82) is 0 Å². The Morgan fingerprint density at radius 2 is 1.83 bits per heavy atom. The third kappa shape index (κ3) is 3.01. The van der Waals surface area contributed by atoms with Gasteiger partial charge in [0.1, 0.15) is 17.5 Å². The van der Waals surface area contributed by atoms with Crippen molar-refractivity contribution in [2.45, 2.75) is 0 Å². The minimum Gasteiger partial charge on any atom is -0.307 e. The zero-order valence-electron chi connectivity index (χ0n) is 8.95. The van der Waals surface area contributed by atoms with E-state index in [0.29, 0.717) is 11.1 Å². The van der Waals surface area contributed by atoms with Gasteiger partial charge in [-0.3, -0.25) is 4.79 Å². The first-order valence-electron chi connectivity index (χ1n) is 4.93. The molecule has 2 rings (SSSR count). The van der Waals surface area contributed by atoms with Gasteiger partial charge >= 0.3 is 0 Å².